The van der Waals surface area contributed by atoms with Crippen LogP contribution < -0.4 is 0 Å². The van der Waals surface area contributed by atoms with E-state index in [2.05, 4.69) is 13.8 Å². The van der Waals surface area contributed by atoms with Gasteiger partial charge in [-0.3, -0.25) is 0 Å². The third-order valence-electron chi connectivity index (χ3n) is 3.61. The van der Waals surface area contributed by atoms with Crippen LogP contribution in [0.25, 0.3) is 0 Å². The Kier molecular flexibility index (Phi) is 3.46. The van der Waals surface area contributed by atoms with Crippen molar-refractivity contribution in [2.45, 2.75) is 38.7 Å². The fraction of sp³-hybridized carbons (Fsp3) is 0.571. The zero-order chi connectivity index (χ0) is 12.6. The van der Waals surface area contributed by atoms with E-state index >= 15 is 0 Å². The molecule has 1 fully saturated rings. The van der Waals surface area contributed by atoms with Gasteiger partial charge in [0.05, 0.1) is 5.60 Å². The first-order chi connectivity index (χ1) is 7.90. The molecule has 0 bridgehead atoms. The van der Waals surface area contributed by atoms with Crippen LogP contribution in [0, 0.1) is 17.7 Å². The fourth-order valence-corrected chi connectivity index (χ4v) is 3.46. The molecule has 1 aromatic rings. The maximum Gasteiger partial charge on any atom is 0.123 e. The van der Waals surface area contributed by atoms with Crippen molar-refractivity contribution in [1.29, 1.82) is 0 Å². The van der Waals surface area contributed by atoms with Gasteiger partial charge in [0.1, 0.15) is 5.82 Å². The molecule has 0 amide bonds. The molecule has 2 atom stereocenters. The Morgan fingerprint density at radius 1 is 1.29 bits per heavy atom. The van der Waals surface area contributed by atoms with Crippen molar-refractivity contribution in [2.75, 3.05) is 0 Å². The van der Waals surface area contributed by atoms with Crippen LogP contribution >= 0.6 is 11.6 Å². The van der Waals surface area contributed by atoms with Gasteiger partial charge >= 0.3 is 0 Å². The lowest BCUT2D eigenvalue weighted by Crippen LogP contribution is -2.35. The molecule has 2 rings (SSSR count). The van der Waals surface area contributed by atoms with Gasteiger partial charge in [-0.15, -0.1) is 0 Å². The lowest BCUT2D eigenvalue weighted by Gasteiger charge is -2.39. The molecule has 0 saturated heterocycles. The van der Waals surface area contributed by atoms with Gasteiger partial charge in [0, 0.05) is 10.6 Å². The minimum absolute atomic E-state index is 0.344. The van der Waals surface area contributed by atoms with E-state index in [9.17, 15) is 9.50 Å². The summed E-state index contributed by atoms with van der Waals surface area (Å²) in [5.41, 5.74) is -0.437. The van der Waals surface area contributed by atoms with Gasteiger partial charge in [-0.25, -0.2) is 4.39 Å². The van der Waals surface area contributed by atoms with E-state index in [0.717, 1.165) is 6.42 Å². The molecule has 3 heteroatoms. The van der Waals surface area contributed by atoms with Gasteiger partial charge in [0.25, 0.3) is 0 Å². The SMILES string of the molecule is CC1CC(C)CC(O)(c2cc(F)ccc2Cl)C1. The minimum atomic E-state index is -0.976. The lowest BCUT2D eigenvalue weighted by atomic mass is 9.71. The van der Waals surface area contributed by atoms with E-state index < -0.39 is 5.60 Å². The Balaban J connectivity index is 2.39. The number of hydrogen-bond donors (Lipinski definition) is 1. The number of hydrogen-bond acceptors (Lipinski definition) is 1. The monoisotopic (exact) mass is 256 g/mol. The maximum atomic E-state index is 13.3. The summed E-state index contributed by atoms with van der Waals surface area (Å²) in [5, 5.41) is 11.2. The quantitative estimate of drug-likeness (QED) is 0.801. The highest BCUT2D eigenvalue weighted by Gasteiger charge is 2.38. The second-order valence-corrected chi connectivity index (χ2v) is 5.92. The third kappa shape index (κ3) is 2.63. The largest absolute Gasteiger partial charge is 0.385 e. The van der Waals surface area contributed by atoms with Crippen LogP contribution in [0.1, 0.15) is 38.7 Å². The average molecular weight is 257 g/mol. The second-order valence-electron chi connectivity index (χ2n) is 5.51. The van der Waals surface area contributed by atoms with Crippen molar-refractivity contribution in [1.82, 2.24) is 0 Å². The molecule has 0 spiro atoms. The molecule has 1 nitrogen and oxygen atoms in total. The predicted octanol–water partition coefficient (Wildman–Crippen LogP) is 4.12. The van der Waals surface area contributed by atoms with Crippen LogP contribution in [0.3, 0.4) is 0 Å². The topological polar surface area (TPSA) is 20.2 Å². The van der Waals surface area contributed by atoms with Crippen molar-refractivity contribution >= 4 is 11.6 Å². The smallest absolute Gasteiger partial charge is 0.123 e. The summed E-state index contributed by atoms with van der Waals surface area (Å²) >= 11 is 6.09. The number of benzene rings is 1. The number of rotatable bonds is 1. The molecule has 1 saturated carbocycles. The fourth-order valence-electron chi connectivity index (χ4n) is 3.16. The Hall–Kier alpha value is -0.600. The Labute approximate surface area is 107 Å². The Morgan fingerprint density at radius 2 is 1.88 bits per heavy atom. The molecule has 1 aromatic carbocycles. The van der Waals surface area contributed by atoms with Gasteiger partial charge in [-0.1, -0.05) is 25.4 Å². The molecular formula is C14H18ClFO. The zero-order valence-corrected chi connectivity index (χ0v) is 11.0. The van der Waals surface area contributed by atoms with Gasteiger partial charge in [-0.2, -0.15) is 0 Å². The first-order valence-electron chi connectivity index (χ1n) is 6.08. The summed E-state index contributed by atoms with van der Waals surface area (Å²) in [6, 6.07) is 4.21. The molecule has 1 aliphatic rings. The van der Waals surface area contributed by atoms with Crippen LogP contribution in [-0.2, 0) is 5.60 Å². The molecule has 17 heavy (non-hydrogen) atoms. The highest BCUT2D eigenvalue weighted by molar-refractivity contribution is 6.31. The highest BCUT2D eigenvalue weighted by Crippen LogP contribution is 2.44. The molecule has 0 aliphatic heterocycles. The summed E-state index contributed by atoms with van der Waals surface area (Å²) in [4.78, 5) is 0. The minimum Gasteiger partial charge on any atom is -0.385 e. The normalized spacial score (nSPS) is 33.7. The summed E-state index contributed by atoms with van der Waals surface area (Å²) in [7, 11) is 0. The van der Waals surface area contributed by atoms with Crippen LogP contribution in [0.2, 0.25) is 5.02 Å². The van der Waals surface area contributed by atoms with E-state index in [1.54, 1.807) is 0 Å². The Bertz CT molecular complexity index is 409. The summed E-state index contributed by atoms with van der Waals surface area (Å²) < 4.78 is 13.3. The van der Waals surface area contributed by atoms with Crippen LogP contribution in [0.15, 0.2) is 18.2 Å². The summed E-state index contributed by atoms with van der Waals surface area (Å²) in [5.74, 6) is 0.523. The predicted molar refractivity (Wildman–Crippen MR) is 67.5 cm³/mol. The van der Waals surface area contributed by atoms with Gasteiger partial charge < -0.3 is 5.11 Å². The maximum absolute atomic E-state index is 13.3. The molecule has 0 aromatic heterocycles. The van der Waals surface area contributed by atoms with Crippen molar-refractivity contribution < 1.29 is 9.50 Å². The van der Waals surface area contributed by atoms with Crippen LogP contribution in [-0.4, -0.2) is 5.11 Å². The molecule has 1 aliphatic carbocycles. The first kappa shape index (κ1) is 12.8. The van der Waals surface area contributed by atoms with Crippen molar-refractivity contribution in [2.24, 2.45) is 11.8 Å². The average Bonchev–Trinajstić information content (AvgIpc) is 2.19. The van der Waals surface area contributed by atoms with Crippen LogP contribution in [0.4, 0.5) is 4.39 Å². The van der Waals surface area contributed by atoms with Gasteiger partial charge in [0.15, 0.2) is 0 Å². The van der Waals surface area contributed by atoms with E-state index in [4.69, 9.17) is 11.6 Å². The first-order valence-corrected chi connectivity index (χ1v) is 6.46. The van der Waals surface area contributed by atoms with Gasteiger partial charge in [-0.05, 0) is 49.3 Å². The van der Waals surface area contributed by atoms with E-state index in [1.165, 1.54) is 18.2 Å². The second kappa shape index (κ2) is 4.58. The van der Waals surface area contributed by atoms with E-state index in [-0.39, 0.29) is 5.82 Å². The molecule has 94 valence electrons. The molecule has 0 heterocycles. The van der Waals surface area contributed by atoms with Crippen molar-refractivity contribution in [3.63, 3.8) is 0 Å². The summed E-state index contributed by atoms with van der Waals surface area (Å²) in [6.07, 6.45) is 2.41. The molecular weight excluding hydrogens is 239 g/mol. The van der Waals surface area contributed by atoms with E-state index in [0.29, 0.717) is 35.3 Å². The lowest BCUT2D eigenvalue weighted by molar-refractivity contribution is -0.0364. The summed E-state index contributed by atoms with van der Waals surface area (Å²) in [6.45, 7) is 4.24. The standard InChI is InChI=1S/C14H18ClFO/c1-9-5-10(2)8-14(17,7-9)12-6-11(16)3-4-13(12)15/h3-4,6,9-10,17H,5,7-8H2,1-2H3. The third-order valence-corrected chi connectivity index (χ3v) is 3.94. The van der Waals surface area contributed by atoms with Crippen LogP contribution in [0.5, 0.6) is 0 Å². The van der Waals surface area contributed by atoms with Gasteiger partial charge in [0.2, 0.25) is 0 Å². The molecule has 1 N–H and O–H groups in total. The molecule has 2 unspecified atom stereocenters. The van der Waals surface area contributed by atoms with Crippen molar-refractivity contribution in [3.05, 3.63) is 34.6 Å². The molecule has 0 radical (unpaired) electrons. The number of aliphatic hydroxyl groups is 1. The number of halogens is 2. The highest BCUT2D eigenvalue weighted by atomic mass is 35.5. The van der Waals surface area contributed by atoms with Crippen molar-refractivity contribution in [3.8, 4) is 0 Å². The zero-order valence-electron chi connectivity index (χ0n) is 10.2. The van der Waals surface area contributed by atoms with E-state index in [1.807, 2.05) is 0 Å². The Morgan fingerprint density at radius 3 is 2.47 bits per heavy atom.